The minimum atomic E-state index is 0.102. The maximum atomic E-state index is 9.61. The molecule has 1 heterocycles. The lowest BCUT2D eigenvalue weighted by Gasteiger charge is -2.38. The summed E-state index contributed by atoms with van der Waals surface area (Å²) in [6.07, 6.45) is 3.40. The van der Waals surface area contributed by atoms with Gasteiger partial charge in [0.2, 0.25) is 0 Å². The normalized spacial score (nSPS) is 33.0. The van der Waals surface area contributed by atoms with E-state index >= 15 is 0 Å². The fourth-order valence-corrected chi connectivity index (χ4v) is 2.86. The van der Waals surface area contributed by atoms with Crippen LogP contribution in [0.15, 0.2) is 0 Å². The van der Waals surface area contributed by atoms with E-state index in [-0.39, 0.29) is 5.41 Å². The topological polar surface area (TPSA) is 32.7 Å². The second-order valence-electron chi connectivity index (χ2n) is 5.94. The number of nitrogens with zero attached hydrogens (tertiary/aromatic N) is 1. The summed E-state index contributed by atoms with van der Waals surface area (Å²) >= 11 is 0. The van der Waals surface area contributed by atoms with E-state index in [1.807, 2.05) is 0 Å². The maximum absolute atomic E-state index is 9.61. The molecule has 0 bridgehead atoms. The van der Waals surface area contributed by atoms with Crippen molar-refractivity contribution in [2.45, 2.75) is 26.2 Å². The first kappa shape index (κ1) is 12.3. The van der Waals surface area contributed by atoms with Gasteiger partial charge in [0, 0.05) is 31.7 Å². The van der Waals surface area contributed by atoms with Crippen LogP contribution in [0.3, 0.4) is 0 Å². The molecule has 2 rings (SSSR count). The number of hydrogen-bond donors (Lipinski definition) is 1. The summed E-state index contributed by atoms with van der Waals surface area (Å²) in [4.78, 5) is 2.41. The third-order valence-corrected chi connectivity index (χ3v) is 4.32. The molecular formula is C13H25NO2. The summed E-state index contributed by atoms with van der Waals surface area (Å²) in [5, 5.41) is 9.61. The first-order chi connectivity index (χ1) is 7.65. The summed E-state index contributed by atoms with van der Waals surface area (Å²) in [6, 6.07) is 0. The van der Waals surface area contributed by atoms with Crippen molar-refractivity contribution in [3.63, 3.8) is 0 Å². The molecule has 1 aliphatic carbocycles. The van der Waals surface area contributed by atoms with Crippen molar-refractivity contribution in [1.82, 2.24) is 4.90 Å². The van der Waals surface area contributed by atoms with Crippen LogP contribution in [0.25, 0.3) is 0 Å². The molecule has 1 N–H and O–H groups in total. The van der Waals surface area contributed by atoms with Crippen LogP contribution in [-0.2, 0) is 4.74 Å². The predicted octanol–water partition coefficient (Wildman–Crippen LogP) is 1.36. The van der Waals surface area contributed by atoms with Crippen LogP contribution < -0.4 is 0 Å². The van der Waals surface area contributed by atoms with E-state index in [4.69, 9.17) is 4.74 Å². The van der Waals surface area contributed by atoms with Crippen molar-refractivity contribution in [1.29, 1.82) is 0 Å². The molecule has 1 saturated heterocycles. The molecule has 16 heavy (non-hydrogen) atoms. The van der Waals surface area contributed by atoms with Crippen molar-refractivity contribution in [3.8, 4) is 0 Å². The molecule has 0 amide bonds. The lowest BCUT2D eigenvalue weighted by molar-refractivity contribution is -0.0314. The average molecular weight is 227 g/mol. The SMILES string of the molecule is CC1CC1CN(C)CC1(CO)CCOCC1. The smallest absolute Gasteiger partial charge is 0.0501 e. The number of rotatable bonds is 5. The molecule has 2 fully saturated rings. The van der Waals surface area contributed by atoms with Crippen LogP contribution in [0.4, 0.5) is 0 Å². The second-order valence-corrected chi connectivity index (χ2v) is 5.94. The zero-order chi connectivity index (χ0) is 11.6. The van der Waals surface area contributed by atoms with Crippen LogP contribution >= 0.6 is 0 Å². The molecule has 1 aliphatic heterocycles. The average Bonchev–Trinajstić information content (AvgIpc) is 2.95. The zero-order valence-corrected chi connectivity index (χ0v) is 10.6. The first-order valence-electron chi connectivity index (χ1n) is 6.52. The van der Waals surface area contributed by atoms with Crippen LogP contribution in [0.2, 0.25) is 0 Å². The lowest BCUT2D eigenvalue weighted by atomic mass is 9.80. The highest BCUT2D eigenvalue weighted by Crippen LogP contribution is 2.39. The van der Waals surface area contributed by atoms with Gasteiger partial charge < -0.3 is 14.7 Å². The molecule has 2 unspecified atom stereocenters. The van der Waals surface area contributed by atoms with Crippen molar-refractivity contribution >= 4 is 0 Å². The fraction of sp³-hybridized carbons (Fsp3) is 1.00. The summed E-state index contributed by atoms with van der Waals surface area (Å²) < 4.78 is 5.39. The molecule has 0 aromatic carbocycles. The Kier molecular flexibility index (Phi) is 3.88. The molecule has 0 spiro atoms. The van der Waals surface area contributed by atoms with Crippen molar-refractivity contribution in [2.75, 3.05) is 40.0 Å². The second kappa shape index (κ2) is 5.03. The minimum Gasteiger partial charge on any atom is -0.396 e. The van der Waals surface area contributed by atoms with Crippen molar-refractivity contribution in [3.05, 3.63) is 0 Å². The minimum absolute atomic E-state index is 0.102. The summed E-state index contributed by atoms with van der Waals surface area (Å²) in [5.74, 6) is 1.82. The van der Waals surface area contributed by atoms with Crippen LogP contribution in [0.5, 0.6) is 0 Å². The van der Waals surface area contributed by atoms with E-state index in [2.05, 4.69) is 18.9 Å². The summed E-state index contributed by atoms with van der Waals surface area (Å²) in [7, 11) is 2.19. The van der Waals surface area contributed by atoms with Gasteiger partial charge >= 0.3 is 0 Å². The Morgan fingerprint density at radius 2 is 2.00 bits per heavy atom. The molecular weight excluding hydrogens is 202 g/mol. The molecule has 0 aromatic heterocycles. The maximum Gasteiger partial charge on any atom is 0.0501 e. The highest BCUT2D eigenvalue weighted by molar-refractivity contribution is 4.88. The van der Waals surface area contributed by atoms with E-state index in [9.17, 15) is 5.11 Å². The zero-order valence-electron chi connectivity index (χ0n) is 10.6. The van der Waals surface area contributed by atoms with Gasteiger partial charge in [-0.05, 0) is 38.1 Å². The van der Waals surface area contributed by atoms with E-state index in [0.29, 0.717) is 6.61 Å². The molecule has 3 heteroatoms. The molecule has 0 radical (unpaired) electrons. The van der Waals surface area contributed by atoms with E-state index < -0.39 is 0 Å². The molecule has 0 aromatic rings. The Morgan fingerprint density at radius 1 is 1.38 bits per heavy atom. The van der Waals surface area contributed by atoms with E-state index in [1.54, 1.807) is 0 Å². The lowest BCUT2D eigenvalue weighted by Crippen LogP contribution is -2.43. The van der Waals surface area contributed by atoms with Crippen LogP contribution in [0, 0.1) is 17.3 Å². The third kappa shape index (κ3) is 2.96. The highest BCUT2D eigenvalue weighted by atomic mass is 16.5. The van der Waals surface area contributed by atoms with Gasteiger partial charge in [-0.3, -0.25) is 0 Å². The quantitative estimate of drug-likeness (QED) is 0.770. The van der Waals surface area contributed by atoms with Crippen molar-refractivity contribution < 1.29 is 9.84 Å². The van der Waals surface area contributed by atoms with Crippen molar-refractivity contribution in [2.24, 2.45) is 17.3 Å². The summed E-state index contributed by atoms with van der Waals surface area (Å²) in [5.41, 5.74) is 0.102. The largest absolute Gasteiger partial charge is 0.396 e. The van der Waals surface area contributed by atoms with Gasteiger partial charge in [-0.25, -0.2) is 0 Å². The first-order valence-corrected chi connectivity index (χ1v) is 6.52. The Labute approximate surface area is 98.8 Å². The standard InChI is InChI=1S/C13H25NO2/c1-11-7-12(11)8-14(2)9-13(10-15)3-5-16-6-4-13/h11-12,15H,3-10H2,1-2H3. The number of ether oxygens (including phenoxy) is 1. The monoisotopic (exact) mass is 227 g/mol. The van der Waals surface area contributed by atoms with Crippen LogP contribution in [-0.4, -0.2) is 50.0 Å². The van der Waals surface area contributed by atoms with E-state index in [0.717, 1.165) is 44.4 Å². The number of hydrogen-bond acceptors (Lipinski definition) is 3. The highest BCUT2D eigenvalue weighted by Gasteiger charge is 2.37. The Balaban J connectivity index is 1.80. The number of aliphatic hydroxyl groups excluding tert-OH is 1. The Morgan fingerprint density at radius 3 is 2.50 bits per heavy atom. The molecule has 1 saturated carbocycles. The molecule has 2 aliphatic rings. The Bertz CT molecular complexity index is 226. The van der Waals surface area contributed by atoms with Gasteiger partial charge in [0.15, 0.2) is 0 Å². The predicted molar refractivity (Wildman–Crippen MR) is 64.3 cm³/mol. The van der Waals surface area contributed by atoms with Gasteiger partial charge in [0.1, 0.15) is 0 Å². The third-order valence-electron chi connectivity index (χ3n) is 4.32. The van der Waals surface area contributed by atoms with Gasteiger partial charge in [0.25, 0.3) is 0 Å². The molecule has 94 valence electrons. The molecule has 3 nitrogen and oxygen atoms in total. The summed E-state index contributed by atoms with van der Waals surface area (Å²) in [6.45, 7) is 6.48. The molecule has 2 atom stereocenters. The number of aliphatic hydroxyl groups is 1. The van der Waals surface area contributed by atoms with Gasteiger partial charge in [-0.1, -0.05) is 6.92 Å². The van der Waals surface area contributed by atoms with Gasteiger partial charge in [-0.2, -0.15) is 0 Å². The van der Waals surface area contributed by atoms with E-state index in [1.165, 1.54) is 13.0 Å². The van der Waals surface area contributed by atoms with Gasteiger partial charge in [-0.15, -0.1) is 0 Å². The Hall–Kier alpha value is -0.120. The van der Waals surface area contributed by atoms with Gasteiger partial charge in [0.05, 0.1) is 6.61 Å². The van der Waals surface area contributed by atoms with Crippen LogP contribution in [0.1, 0.15) is 26.2 Å². The fourth-order valence-electron chi connectivity index (χ4n) is 2.86.